The number of aryl methyl sites for hydroxylation is 1. The van der Waals surface area contributed by atoms with Crippen molar-refractivity contribution in [1.29, 1.82) is 0 Å². The van der Waals surface area contributed by atoms with Crippen molar-refractivity contribution in [3.05, 3.63) is 40.1 Å². The highest BCUT2D eigenvalue weighted by Gasteiger charge is 2.12. The number of carbonyl (C=O) groups is 1. The molecule has 0 bridgehead atoms. The van der Waals surface area contributed by atoms with Crippen molar-refractivity contribution in [2.45, 2.75) is 6.92 Å². The number of anilines is 2. The predicted molar refractivity (Wildman–Crippen MR) is 65.6 cm³/mol. The van der Waals surface area contributed by atoms with Gasteiger partial charge in [0, 0.05) is 5.69 Å². The second-order valence-corrected chi connectivity index (χ2v) is 4.31. The molecule has 1 aromatic heterocycles. The number of rotatable bonds is 2. The van der Waals surface area contributed by atoms with Crippen molar-refractivity contribution in [1.82, 2.24) is 4.98 Å². The van der Waals surface area contributed by atoms with E-state index in [1.54, 1.807) is 12.4 Å². The van der Waals surface area contributed by atoms with Crippen molar-refractivity contribution in [3.8, 4) is 0 Å². The SMILES string of the molecule is Cc1ncsc1C(=O)Nc1ccc(F)c(N)c1. The Hall–Kier alpha value is -1.95. The Morgan fingerprint density at radius 3 is 2.88 bits per heavy atom. The van der Waals surface area contributed by atoms with Crippen LogP contribution in [0.2, 0.25) is 0 Å². The third-order valence-corrected chi connectivity index (χ3v) is 3.13. The Morgan fingerprint density at radius 1 is 1.53 bits per heavy atom. The minimum Gasteiger partial charge on any atom is -0.396 e. The van der Waals surface area contributed by atoms with Crippen LogP contribution < -0.4 is 11.1 Å². The first-order valence-electron chi connectivity index (χ1n) is 4.84. The van der Waals surface area contributed by atoms with Crippen LogP contribution in [0, 0.1) is 12.7 Å². The molecule has 0 aliphatic carbocycles. The first-order chi connectivity index (χ1) is 8.08. The van der Waals surface area contributed by atoms with Crippen molar-refractivity contribution in [2.75, 3.05) is 11.1 Å². The average molecular weight is 251 g/mol. The highest BCUT2D eigenvalue weighted by atomic mass is 32.1. The van der Waals surface area contributed by atoms with E-state index < -0.39 is 5.82 Å². The fourth-order valence-electron chi connectivity index (χ4n) is 1.33. The van der Waals surface area contributed by atoms with E-state index in [0.29, 0.717) is 16.3 Å². The standard InChI is InChI=1S/C11H10FN3OS/c1-6-10(17-5-14-6)11(16)15-7-2-3-8(12)9(13)4-7/h2-5H,13H2,1H3,(H,15,16). The van der Waals surface area contributed by atoms with Crippen molar-refractivity contribution in [3.63, 3.8) is 0 Å². The molecule has 0 atom stereocenters. The van der Waals surface area contributed by atoms with Crippen LogP contribution in [0.3, 0.4) is 0 Å². The van der Waals surface area contributed by atoms with Crippen LogP contribution in [0.4, 0.5) is 15.8 Å². The fourth-order valence-corrected chi connectivity index (χ4v) is 2.03. The van der Waals surface area contributed by atoms with Crippen LogP contribution in [0.15, 0.2) is 23.7 Å². The van der Waals surface area contributed by atoms with Crippen LogP contribution in [0.25, 0.3) is 0 Å². The van der Waals surface area contributed by atoms with Gasteiger partial charge in [-0.05, 0) is 25.1 Å². The molecule has 1 heterocycles. The summed E-state index contributed by atoms with van der Waals surface area (Å²) in [5.41, 5.74) is 8.14. The first-order valence-corrected chi connectivity index (χ1v) is 5.72. The predicted octanol–water partition coefficient (Wildman–Crippen LogP) is 2.43. The molecule has 0 spiro atoms. The highest BCUT2D eigenvalue weighted by molar-refractivity contribution is 7.12. The van der Waals surface area contributed by atoms with E-state index in [2.05, 4.69) is 10.3 Å². The molecule has 0 aliphatic rings. The average Bonchev–Trinajstić information content (AvgIpc) is 2.70. The van der Waals surface area contributed by atoms with Gasteiger partial charge in [0.1, 0.15) is 10.7 Å². The lowest BCUT2D eigenvalue weighted by Crippen LogP contribution is -2.11. The quantitative estimate of drug-likeness (QED) is 0.805. The van der Waals surface area contributed by atoms with Gasteiger partial charge in [-0.3, -0.25) is 4.79 Å². The number of hydrogen-bond acceptors (Lipinski definition) is 4. The zero-order valence-electron chi connectivity index (χ0n) is 9.03. The van der Waals surface area contributed by atoms with Crippen LogP contribution in [-0.2, 0) is 0 Å². The summed E-state index contributed by atoms with van der Waals surface area (Å²) in [5.74, 6) is -0.770. The van der Waals surface area contributed by atoms with Crippen LogP contribution in [-0.4, -0.2) is 10.9 Å². The van der Waals surface area contributed by atoms with E-state index in [1.165, 1.54) is 29.5 Å². The molecule has 1 amide bonds. The number of benzene rings is 1. The molecule has 0 radical (unpaired) electrons. The van der Waals surface area contributed by atoms with Crippen molar-refractivity contribution < 1.29 is 9.18 Å². The van der Waals surface area contributed by atoms with Gasteiger partial charge in [0.25, 0.3) is 5.91 Å². The second-order valence-electron chi connectivity index (χ2n) is 3.46. The number of nitrogens with two attached hydrogens (primary N) is 1. The van der Waals surface area contributed by atoms with Gasteiger partial charge < -0.3 is 11.1 Å². The Kier molecular flexibility index (Phi) is 3.06. The van der Waals surface area contributed by atoms with Gasteiger partial charge in [0.15, 0.2) is 0 Å². The molecule has 0 saturated heterocycles. The number of thiazole rings is 1. The normalized spacial score (nSPS) is 10.2. The number of hydrogen-bond donors (Lipinski definition) is 2. The third kappa shape index (κ3) is 2.42. The van der Waals surface area contributed by atoms with Crippen molar-refractivity contribution >= 4 is 28.6 Å². The Labute approximate surface area is 101 Å². The van der Waals surface area contributed by atoms with Gasteiger partial charge in [-0.15, -0.1) is 11.3 Å². The maximum Gasteiger partial charge on any atom is 0.267 e. The summed E-state index contributed by atoms with van der Waals surface area (Å²) in [4.78, 5) is 16.3. The summed E-state index contributed by atoms with van der Waals surface area (Å²) in [6.45, 7) is 1.75. The molecular weight excluding hydrogens is 241 g/mol. The summed E-state index contributed by atoms with van der Waals surface area (Å²) < 4.78 is 12.9. The molecule has 0 aliphatic heterocycles. The van der Waals surface area contributed by atoms with E-state index in [9.17, 15) is 9.18 Å². The zero-order chi connectivity index (χ0) is 12.4. The number of nitrogen functional groups attached to an aromatic ring is 1. The van der Waals surface area contributed by atoms with Crippen LogP contribution >= 0.6 is 11.3 Å². The first kappa shape index (κ1) is 11.5. The molecule has 2 aromatic rings. The van der Waals surface area contributed by atoms with Gasteiger partial charge in [-0.2, -0.15) is 0 Å². The van der Waals surface area contributed by atoms with Gasteiger partial charge in [0.2, 0.25) is 0 Å². The summed E-state index contributed by atoms with van der Waals surface area (Å²) in [6.07, 6.45) is 0. The summed E-state index contributed by atoms with van der Waals surface area (Å²) in [7, 11) is 0. The molecule has 3 N–H and O–H groups in total. The molecule has 88 valence electrons. The molecule has 0 saturated carbocycles. The molecule has 0 unspecified atom stereocenters. The molecule has 2 rings (SSSR count). The zero-order valence-corrected chi connectivity index (χ0v) is 9.84. The summed E-state index contributed by atoms with van der Waals surface area (Å²) in [6, 6.07) is 4.05. The van der Waals surface area contributed by atoms with E-state index in [4.69, 9.17) is 5.73 Å². The van der Waals surface area contributed by atoms with Gasteiger partial charge in [-0.1, -0.05) is 0 Å². The number of nitrogens with zero attached hydrogens (tertiary/aromatic N) is 1. The molecule has 0 fully saturated rings. The van der Waals surface area contributed by atoms with Crippen LogP contribution in [0.1, 0.15) is 15.4 Å². The van der Waals surface area contributed by atoms with Gasteiger partial charge in [0.05, 0.1) is 16.9 Å². The Bertz CT molecular complexity index is 568. The van der Waals surface area contributed by atoms with E-state index in [1.807, 2.05) is 0 Å². The topological polar surface area (TPSA) is 68.0 Å². The number of amides is 1. The lowest BCUT2D eigenvalue weighted by atomic mass is 10.2. The lowest BCUT2D eigenvalue weighted by Gasteiger charge is -2.05. The summed E-state index contributed by atoms with van der Waals surface area (Å²) in [5, 5.41) is 2.64. The second kappa shape index (κ2) is 4.50. The smallest absolute Gasteiger partial charge is 0.267 e. The van der Waals surface area contributed by atoms with Crippen molar-refractivity contribution in [2.24, 2.45) is 0 Å². The molecular formula is C11H10FN3OS. The molecule has 4 nitrogen and oxygen atoms in total. The summed E-state index contributed by atoms with van der Waals surface area (Å²) >= 11 is 1.26. The lowest BCUT2D eigenvalue weighted by molar-refractivity contribution is 0.103. The maximum absolute atomic E-state index is 12.9. The Morgan fingerprint density at radius 2 is 2.29 bits per heavy atom. The third-order valence-electron chi connectivity index (χ3n) is 2.21. The number of halogens is 1. The highest BCUT2D eigenvalue weighted by Crippen LogP contribution is 2.19. The number of aromatic nitrogens is 1. The van der Waals surface area contributed by atoms with Gasteiger partial charge in [-0.25, -0.2) is 9.37 Å². The maximum atomic E-state index is 12.9. The minimum absolute atomic E-state index is 0.00354. The van der Waals surface area contributed by atoms with Crippen LogP contribution in [0.5, 0.6) is 0 Å². The van der Waals surface area contributed by atoms with E-state index in [-0.39, 0.29) is 11.6 Å². The number of carbonyl (C=O) groups excluding carboxylic acids is 1. The van der Waals surface area contributed by atoms with E-state index in [0.717, 1.165) is 0 Å². The van der Waals surface area contributed by atoms with Gasteiger partial charge >= 0.3 is 0 Å². The molecule has 1 aromatic carbocycles. The molecule has 6 heteroatoms. The van der Waals surface area contributed by atoms with E-state index >= 15 is 0 Å². The fraction of sp³-hybridized carbons (Fsp3) is 0.0909. The molecule has 17 heavy (non-hydrogen) atoms. The Balaban J connectivity index is 2.19. The number of nitrogens with one attached hydrogen (secondary N) is 1. The largest absolute Gasteiger partial charge is 0.396 e. The minimum atomic E-state index is -0.503. The monoisotopic (exact) mass is 251 g/mol.